The number of hydrogen-bond acceptors (Lipinski definition) is 4. The normalized spacial score (nSPS) is 17.7. The number of aromatic nitrogens is 2. The summed E-state index contributed by atoms with van der Waals surface area (Å²) in [5.41, 5.74) is 0.384. The number of carbonyl (C=O) groups is 1. The van der Waals surface area contributed by atoms with Gasteiger partial charge in [0, 0.05) is 43.7 Å². The number of rotatable bonds is 3. The molecule has 2 heterocycles. The molecule has 0 bridgehead atoms. The Morgan fingerprint density at radius 1 is 1.12 bits per heavy atom. The van der Waals surface area contributed by atoms with Crippen molar-refractivity contribution < 1.29 is 9.18 Å². The van der Waals surface area contributed by atoms with Crippen molar-refractivity contribution in [1.82, 2.24) is 14.9 Å². The topological polar surface area (TPSA) is 49.3 Å². The number of anilines is 1. The van der Waals surface area contributed by atoms with E-state index in [0.717, 1.165) is 24.5 Å². The van der Waals surface area contributed by atoms with Crippen LogP contribution in [-0.4, -0.2) is 47.0 Å². The highest BCUT2D eigenvalue weighted by Gasteiger charge is 2.29. The Balaban J connectivity index is 1.44. The average Bonchev–Trinajstić information content (AvgIpc) is 3.46. The number of amides is 1. The van der Waals surface area contributed by atoms with Gasteiger partial charge in [-0.3, -0.25) is 4.79 Å². The molecule has 1 aromatic heterocycles. The zero-order chi connectivity index (χ0) is 17.4. The molecule has 1 aliphatic carbocycles. The number of benzene rings is 1. The molecule has 2 fully saturated rings. The summed E-state index contributed by atoms with van der Waals surface area (Å²) in [5, 5.41) is 0.463. The van der Waals surface area contributed by atoms with Gasteiger partial charge in [0.2, 0.25) is 0 Å². The van der Waals surface area contributed by atoms with Crippen LogP contribution in [0.5, 0.6) is 0 Å². The van der Waals surface area contributed by atoms with Crippen molar-refractivity contribution in [3.63, 3.8) is 0 Å². The molecule has 2 aromatic rings. The molecule has 2 aliphatic rings. The molecule has 0 atom stereocenters. The van der Waals surface area contributed by atoms with Crippen LogP contribution in [0.25, 0.3) is 0 Å². The van der Waals surface area contributed by atoms with Crippen LogP contribution in [-0.2, 0) is 0 Å². The standard InChI is InChI=1S/C18H18ClFN4O/c19-15-11-16(22-17(21-15)12-4-5-12)23-6-8-24(9-7-23)18(25)13-2-1-3-14(20)10-13/h1-3,10-12H,4-9H2. The Morgan fingerprint density at radius 3 is 2.56 bits per heavy atom. The lowest BCUT2D eigenvalue weighted by molar-refractivity contribution is 0.0746. The maximum atomic E-state index is 13.3. The van der Waals surface area contributed by atoms with Gasteiger partial charge in [0.15, 0.2) is 0 Å². The minimum Gasteiger partial charge on any atom is -0.353 e. The lowest BCUT2D eigenvalue weighted by atomic mass is 10.1. The first-order valence-corrected chi connectivity index (χ1v) is 8.82. The fourth-order valence-electron chi connectivity index (χ4n) is 3.05. The summed E-state index contributed by atoms with van der Waals surface area (Å²) in [7, 11) is 0. The smallest absolute Gasteiger partial charge is 0.254 e. The summed E-state index contributed by atoms with van der Waals surface area (Å²) in [6.07, 6.45) is 2.24. The van der Waals surface area contributed by atoms with E-state index in [1.165, 1.54) is 12.1 Å². The average molecular weight is 361 g/mol. The van der Waals surface area contributed by atoms with Crippen molar-refractivity contribution in [2.75, 3.05) is 31.1 Å². The monoisotopic (exact) mass is 360 g/mol. The van der Waals surface area contributed by atoms with Crippen LogP contribution in [0.3, 0.4) is 0 Å². The summed E-state index contributed by atoms with van der Waals surface area (Å²) >= 11 is 6.14. The molecule has 1 saturated carbocycles. The van der Waals surface area contributed by atoms with Crippen molar-refractivity contribution in [2.45, 2.75) is 18.8 Å². The number of hydrogen-bond donors (Lipinski definition) is 0. The van der Waals surface area contributed by atoms with Gasteiger partial charge in [0.05, 0.1) is 0 Å². The molecule has 0 spiro atoms. The van der Waals surface area contributed by atoms with E-state index >= 15 is 0 Å². The fraction of sp³-hybridized carbons (Fsp3) is 0.389. The van der Waals surface area contributed by atoms with E-state index in [1.54, 1.807) is 23.1 Å². The molecule has 1 amide bonds. The molecule has 25 heavy (non-hydrogen) atoms. The Morgan fingerprint density at radius 2 is 1.88 bits per heavy atom. The van der Waals surface area contributed by atoms with Crippen LogP contribution in [0, 0.1) is 5.82 Å². The summed E-state index contributed by atoms with van der Waals surface area (Å²) in [6, 6.07) is 7.59. The van der Waals surface area contributed by atoms with Crippen LogP contribution in [0.2, 0.25) is 5.15 Å². The summed E-state index contributed by atoms with van der Waals surface area (Å²) in [6.45, 7) is 2.46. The molecule has 4 rings (SSSR count). The zero-order valence-electron chi connectivity index (χ0n) is 13.7. The largest absolute Gasteiger partial charge is 0.353 e. The van der Waals surface area contributed by atoms with Gasteiger partial charge in [-0.2, -0.15) is 0 Å². The summed E-state index contributed by atoms with van der Waals surface area (Å²) in [5.74, 6) is 1.54. The van der Waals surface area contributed by atoms with Crippen LogP contribution in [0.4, 0.5) is 10.2 Å². The second-order valence-electron chi connectivity index (χ2n) is 6.47. The number of halogens is 2. The molecule has 1 saturated heterocycles. The summed E-state index contributed by atoms with van der Waals surface area (Å²) < 4.78 is 13.3. The van der Waals surface area contributed by atoms with Crippen molar-refractivity contribution in [2.24, 2.45) is 0 Å². The zero-order valence-corrected chi connectivity index (χ0v) is 14.4. The van der Waals surface area contributed by atoms with Gasteiger partial charge < -0.3 is 9.80 Å². The van der Waals surface area contributed by atoms with Gasteiger partial charge in [0.25, 0.3) is 5.91 Å². The Bertz CT molecular complexity index is 803. The molecule has 7 heteroatoms. The highest BCUT2D eigenvalue weighted by atomic mass is 35.5. The van der Waals surface area contributed by atoms with E-state index in [9.17, 15) is 9.18 Å². The first kappa shape index (κ1) is 16.3. The van der Waals surface area contributed by atoms with Crippen LogP contribution in [0.15, 0.2) is 30.3 Å². The first-order valence-electron chi connectivity index (χ1n) is 8.44. The van der Waals surface area contributed by atoms with Crippen LogP contribution >= 0.6 is 11.6 Å². The van der Waals surface area contributed by atoms with E-state index < -0.39 is 5.82 Å². The minimum atomic E-state index is -0.396. The fourth-order valence-corrected chi connectivity index (χ4v) is 3.24. The second-order valence-corrected chi connectivity index (χ2v) is 6.86. The van der Waals surface area contributed by atoms with Crippen LogP contribution < -0.4 is 4.90 Å². The second kappa shape index (κ2) is 6.59. The molecule has 0 radical (unpaired) electrons. The van der Waals surface area contributed by atoms with E-state index in [-0.39, 0.29) is 5.91 Å². The molecule has 1 aliphatic heterocycles. The van der Waals surface area contributed by atoms with Gasteiger partial charge in [-0.15, -0.1) is 0 Å². The Hall–Kier alpha value is -2.21. The van der Waals surface area contributed by atoms with E-state index in [1.807, 2.05) is 0 Å². The van der Waals surface area contributed by atoms with Gasteiger partial charge in [-0.25, -0.2) is 14.4 Å². The molecule has 1 aromatic carbocycles. The number of carbonyl (C=O) groups excluding carboxylic acids is 1. The number of piperazine rings is 1. The molecule has 130 valence electrons. The van der Waals surface area contributed by atoms with Gasteiger partial charge in [-0.05, 0) is 31.0 Å². The molecule has 0 unspecified atom stereocenters. The van der Waals surface area contributed by atoms with E-state index in [4.69, 9.17) is 11.6 Å². The molecular formula is C18H18ClFN4O. The third-order valence-electron chi connectivity index (χ3n) is 4.60. The van der Waals surface area contributed by atoms with Crippen molar-refractivity contribution >= 4 is 23.3 Å². The quantitative estimate of drug-likeness (QED) is 0.789. The third-order valence-corrected chi connectivity index (χ3v) is 4.80. The van der Waals surface area contributed by atoms with Crippen LogP contribution in [0.1, 0.15) is 34.9 Å². The molecule has 5 nitrogen and oxygen atoms in total. The lowest BCUT2D eigenvalue weighted by Crippen LogP contribution is -2.49. The maximum absolute atomic E-state index is 13.3. The van der Waals surface area contributed by atoms with Gasteiger partial charge >= 0.3 is 0 Å². The van der Waals surface area contributed by atoms with Crippen molar-refractivity contribution in [3.8, 4) is 0 Å². The predicted molar refractivity (Wildman–Crippen MR) is 93.5 cm³/mol. The third kappa shape index (κ3) is 3.58. The van der Waals surface area contributed by atoms with Gasteiger partial charge in [0.1, 0.15) is 22.6 Å². The SMILES string of the molecule is O=C(c1cccc(F)c1)N1CCN(c2cc(Cl)nc(C3CC3)n2)CC1. The van der Waals surface area contributed by atoms with E-state index in [0.29, 0.717) is 42.8 Å². The first-order chi connectivity index (χ1) is 12.1. The lowest BCUT2D eigenvalue weighted by Gasteiger charge is -2.35. The van der Waals surface area contributed by atoms with Crippen molar-refractivity contribution in [1.29, 1.82) is 0 Å². The highest BCUT2D eigenvalue weighted by Crippen LogP contribution is 2.39. The molecule has 0 N–H and O–H groups in total. The summed E-state index contributed by atoms with van der Waals surface area (Å²) in [4.78, 5) is 25.3. The predicted octanol–water partition coefficient (Wildman–Crippen LogP) is 3.11. The van der Waals surface area contributed by atoms with Gasteiger partial charge in [-0.1, -0.05) is 17.7 Å². The highest BCUT2D eigenvalue weighted by molar-refractivity contribution is 6.29. The molecular weight excluding hydrogens is 343 g/mol. The Kier molecular flexibility index (Phi) is 4.29. The Labute approximate surface area is 150 Å². The minimum absolute atomic E-state index is 0.140. The number of nitrogens with zero attached hydrogens (tertiary/aromatic N) is 4. The van der Waals surface area contributed by atoms with Crippen molar-refractivity contribution in [3.05, 3.63) is 52.7 Å². The maximum Gasteiger partial charge on any atom is 0.254 e. The van der Waals surface area contributed by atoms with E-state index in [2.05, 4.69) is 14.9 Å².